The van der Waals surface area contributed by atoms with Gasteiger partial charge in [0, 0.05) is 13.6 Å². The maximum Gasteiger partial charge on any atom is 0.256 e. The summed E-state index contributed by atoms with van der Waals surface area (Å²) >= 11 is 0. The van der Waals surface area contributed by atoms with E-state index in [1.807, 2.05) is 6.92 Å². The lowest BCUT2D eigenvalue weighted by molar-refractivity contribution is 0.0797. The van der Waals surface area contributed by atoms with Crippen molar-refractivity contribution >= 4 is 5.91 Å². The number of nitrogens with zero attached hydrogens (tertiary/aromatic N) is 1. The summed E-state index contributed by atoms with van der Waals surface area (Å²) in [5.41, 5.74) is 0.648. The number of carbonyl (C=O) groups is 1. The predicted molar refractivity (Wildman–Crippen MR) is 53.8 cm³/mol. The standard InChI is InChI=1S/C11H14FNO/c1-4-13(3)11(14)9-7-5-6-8(2)10(9)12/h5-7H,4H2,1-3H3. The van der Waals surface area contributed by atoms with Gasteiger partial charge in [-0.3, -0.25) is 4.79 Å². The van der Waals surface area contributed by atoms with E-state index in [1.165, 1.54) is 11.0 Å². The second-order valence-electron chi connectivity index (χ2n) is 3.26. The number of benzene rings is 1. The first-order valence-corrected chi connectivity index (χ1v) is 4.58. The van der Waals surface area contributed by atoms with Gasteiger partial charge < -0.3 is 4.90 Å². The Bertz CT molecular complexity index is 349. The maximum atomic E-state index is 13.5. The summed E-state index contributed by atoms with van der Waals surface area (Å²) in [4.78, 5) is 13.1. The van der Waals surface area contributed by atoms with Gasteiger partial charge in [0.1, 0.15) is 5.82 Å². The molecule has 0 aliphatic rings. The molecule has 3 heteroatoms. The molecule has 0 unspecified atom stereocenters. The number of carbonyl (C=O) groups excluding carboxylic acids is 1. The van der Waals surface area contributed by atoms with Crippen molar-refractivity contribution in [2.45, 2.75) is 13.8 Å². The SMILES string of the molecule is CCN(C)C(=O)c1cccc(C)c1F. The van der Waals surface area contributed by atoms with Crippen molar-refractivity contribution in [3.63, 3.8) is 0 Å². The average Bonchev–Trinajstić information content (AvgIpc) is 2.20. The molecule has 0 fully saturated rings. The molecule has 1 aromatic rings. The van der Waals surface area contributed by atoms with Gasteiger partial charge in [0.05, 0.1) is 5.56 Å². The minimum Gasteiger partial charge on any atom is -0.342 e. The highest BCUT2D eigenvalue weighted by atomic mass is 19.1. The molecule has 14 heavy (non-hydrogen) atoms. The summed E-state index contributed by atoms with van der Waals surface area (Å²) in [5.74, 6) is -0.688. The zero-order valence-electron chi connectivity index (χ0n) is 8.67. The molecule has 0 saturated carbocycles. The van der Waals surface area contributed by atoms with Crippen LogP contribution in [0.3, 0.4) is 0 Å². The Morgan fingerprint density at radius 3 is 2.71 bits per heavy atom. The summed E-state index contributed by atoms with van der Waals surface area (Å²) in [6.07, 6.45) is 0. The fourth-order valence-electron chi connectivity index (χ4n) is 1.16. The van der Waals surface area contributed by atoms with Gasteiger partial charge in [0.15, 0.2) is 0 Å². The highest BCUT2D eigenvalue weighted by Crippen LogP contribution is 2.13. The quantitative estimate of drug-likeness (QED) is 0.708. The molecule has 76 valence electrons. The number of hydrogen-bond acceptors (Lipinski definition) is 1. The van der Waals surface area contributed by atoms with Crippen LogP contribution in [0.15, 0.2) is 18.2 Å². The number of halogens is 1. The smallest absolute Gasteiger partial charge is 0.256 e. The third kappa shape index (κ3) is 1.92. The van der Waals surface area contributed by atoms with Crippen LogP contribution < -0.4 is 0 Å². The molecule has 0 bridgehead atoms. The third-order valence-corrected chi connectivity index (χ3v) is 2.24. The van der Waals surface area contributed by atoms with Gasteiger partial charge in [0.2, 0.25) is 0 Å². The van der Waals surface area contributed by atoms with E-state index in [0.29, 0.717) is 12.1 Å². The van der Waals surface area contributed by atoms with Gasteiger partial charge in [-0.05, 0) is 25.5 Å². The molecular formula is C11H14FNO. The highest BCUT2D eigenvalue weighted by Gasteiger charge is 2.15. The molecule has 0 aliphatic heterocycles. The normalized spacial score (nSPS) is 10.0. The van der Waals surface area contributed by atoms with Crippen molar-refractivity contribution in [2.24, 2.45) is 0 Å². The first kappa shape index (κ1) is 10.7. The number of aryl methyl sites for hydroxylation is 1. The van der Waals surface area contributed by atoms with Crippen molar-refractivity contribution in [3.05, 3.63) is 35.1 Å². The number of amides is 1. The Kier molecular flexibility index (Phi) is 3.23. The van der Waals surface area contributed by atoms with Gasteiger partial charge in [-0.1, -0.05) is 12.1 Å². The minimum absolute atomic E-state index is 0.148. The first-order chi connectivity index (χ1) is 6.57. The topological polar surface area (TPSA) is 20.3 Å². The van der Waals surface area contributed by atoms with E-state index >= 15 is 0 Å². The highest BCUT2D eigenvalue weighted by molar-refractivity contribution is 5.94. The molecule has 1 amide bonds. The van der Waals surface area contributed by atoms with E-state index in [0.717, 1.165) is 0 Å². The second kappa shape index (κ2) is 4.22. The van der Waals surface area contributed by atoms with Crippen LogP contribution >= 0.6 is 0 Å². The van der Waals surface area contributed by atoms with Crippen LogP contribution in [-0.4, -0.2) is 24.4 Å². The molecule has 0 radical (unpaired) electrons. The van der Waals surface area contributed by atoms with Crippen LogP contribution in [-0.2, 0) is 0 Å². The summed E-state index contributed by atoms with van der Waals surface area (Å²) in [5, 5.41) is 0. The van der Waals surface area contributed by atoms with Crippen LogP contribution in [0, 0.1) is 12.7 Å². The van der Waals surface area contributed by atoms with E-state index in [4.69, 9.17) is 0 Å². The fraction of sp³-hybridized carbons (Fsp3) is 0.364. The van der Waals surface area contributed by atoms with Crippen molar-refractivity contribution in [1.29, 1.82) is 0 Å². The summed E-state index contributed by atoms with van der Waals surface area (Å²) in [6, 6.07) is 4.85. The lowest BCUT2D eigenvalue weighted by Gasteiger charge is -2.15. The van der Waals surface area contributed by atoms with Crippen LogP contribution in [0.4, 0.5) is 4.39 Å². The molecule has 0 N–H and O–H groups in total. The Balaban J connectivity index is 3.07. The molecule has 1 rings (SSSR count). The van der Waals surface area contributed by atoms with Crippen molar-refractivity contribution in [2.75, 3.05) is 13.6 Å². The van der Waals surface area contributed by atoms with Crippen LogP contribution in [0.25, 0.3) is 0 Å². The lowest BCUT2D eigenvalue weighted by atomic mass is 10.1. The molecule has 0 spiro atoms. The van der Waals surface area contributed by atoms with E-state index in [9.17, 15) is 9.18 Å². The predicted octanol–water partition coefficient (Wildman–Crippen LogP) is 2.23. The third-order valence-electron chi connectivity index (χ3n) is 2.24. The summed E-state index contributed by atoms with van der Waals surface area (Å²) < 4.78 is 13.5. The molecule has 0 aliphatic carbocycles. The average molecular weight is 195 g/mol. The molecule has 0 aromatic heterocycles. The molecule has 1 aromatic carbocycles. The van der Waals surface area contributed by atoms with Crippen molar-refractivity contribution in [1.82, 2.24) is 4.90 Å². The molecule has 2 nitrogen and oxygen atoms in total. The summed E-state index contributed by atoms with van der Waals surface area (Å²) in [7, 11) is 1.66. The zero-order chi connectivity index (χ0) is 10.7. The molecule has 0 heterocycles. The number of hydrogen-bond donors (Lipinski definition) is 0. The van der Waals surface area contributed by atoms with Crippen LogP contribution in [0.1, 0.15) is 22.8 Å². The largest absolute Gasteiger partial charge is 0.342 e. The van der Waals surface area contributed by atoms with E-state index < -0.39 is 5.82 Å². The Hall–Kier alpha value is -1.38. The molecular weight excluding hydrogens is 181 g/mol. The van der Waals surface area contributed by atoms with Gasteiger partial charge in [-0.25, -0.2) is 4.39 Å². The zero-order valence-corrected chi connectivity index (χ0v) is 8.67. The Labute approximate surface area is 83.3 Å². The van der Waals surface area contributed by atoms with E-state index in [-0.39, 0.29) is 11.5 Å². The monoisotopic (exact) mass is 195 g/mol. The van der Waals surface area contributed by atoms with Crippen molar-refractivity contribution < 1.29 is 9.18 Å². The van der Waals surface area contributed by atoms with Crippen molar-refractivity contribution in [3.8, 4) is 0 Å². The van der Waals surface area contributed by atoms with Gasteiger partial charge >= 0.3 is 0 Å². The van der Waals surface area contributed by atoms with Crippen LogP contribution in [0.5, 0.6) is 0 Å². The first-order valence-electron chi connectivity index (χ1n) is 4.58. The van der Waals surface area contributed by atoms with E-state index in [1.54, 1.807) is 26.1 Å². The molecule has 0 atom stereocenters. The Morgan fingerprint density at radius 1 is 1.50 bits per heavy atom. The van der Waals surface area contributed by atoms with Crippen LogP contribution in [0.2, 0.25) is 0 Å². The number of rotatable bonds is 2. The maximum absolute atomic E-state index is 13.5. The van der Waals surface area contributed by atoms with Gasteiger partial charge in [-0.15, -0.1) is 0 Å². The van der Waals surface area contributed by atoms with Gasteiger partial charge in [-0.2, -0.15) is 0 Å². The van der Waals surface area contributed by atoms with Gasteiger partial charge in [0.25, 0.3) is 5.91 Å². The fourth-order valence-corrected chi connectivity index (χ4v) is 1.16. The molecule has 0 saturated heterocycles. The second-order valence-corrected chi connectivity index (χ2v) is 3.26. The lowest BCUT2D eigenvalue weighted by Crippen LogP contribution is -2.27. The summed E-state index contributed by atoms with van der Waals surface area (Å²) in [6.45, 7) is 4.08. The Morgan fingerprint density at radius 2 is 2.14 bits per heavy atom. The minimum atomic E-state index is -0.419. The van der Waals surface area contributed by atoms with E-state index in [2.05, 4.69) is 0 Å².